The van der Waals surface area contributed by atoms with E-state index in [1.165, 1.54) is 11.1 Å². The molecular formula is C26H35NO4. The van der Waals surface area contributed by atoms with Crippen molar-refractivity contribution in [1.29, 1.82) is 0 Å². The predicted molar refractivity (Wildman–Crippen MR) is 122 cm³/mol. The van der Waals surface area contributed by atoms with Crippen LogP contribution >= 0.6 is 0 Å². The van der Waals surface area contributed by atoms with Gasteiger partial charge >= 0.3 is 5.97 Å². The zero-order valence-corrected chi connectivity index (χ0v) is 18.7. The van der Waals surface area contributed by atoms with Crippen LogP contribution in [0.1, 0.15) is 54.5 Å². The minimum Gasteiger partial charge on any atom is -0.481 e. The monoisotopic (exact) mass is 425 g/mol. The van der Waals surface area contributed by atoms with E-state index < -0.39 is 12.1 Å². The average Bonchev–Trinajstić information content (AvgIpc) is 3.18. The number of aliphatic carboxylic acids is 1. The van der Waals surface area contributed by atoms with E-state index in [1.54, 1.807) is 0 Å². The largest absolute Gasteiger partial charge is 0.481 e. The molecule has 0 saturated carbocycles. The van der Waals surface area contributed by atoms with Gasteiger partial charge in [-0.05, 0) is 62.8 Å². The van der Waals surface area contributed by atoms with Crippen molar-refractivity contribution >= 4 is 5.97 Å². The van der Waals surface area contributed by atoms with E-state index >= 15 is 0 Å². The second kappa shape index (κ2) is 11.4. The number of rotatable bonds is 11. The van der Waals surface area contributed by atoms with Crippen LogP contribution in [0.2, 0.25) is 0 Å². The highest BCUT2D eigenvalue weighted by Crippen LogP contribution is 2.24. The molecule has 3 atom stereocenters. The molecule has 1 heterocycles. The number of carbonyl (C=O) groups is 1. The highest BCUT2D eigenvalue weighted by atomic mass is 16.5. The number of carboxylic acid groups (broad SMARTS) is 1. The Morgan fingerprint density at radius 2 is 1.94 bits per heavy atom. The summed E-state index contributed by atoms with van der Waals surface area (Å²) < 4.78 is 5.99. The Morgan fingerprint density at radius 3 is 2.68 bits per heavy atom. The molecule has 5 nitrogen and oxygen atoms in total. The summed E-state index contributed by atoms with van der Waals surface area (Å²) in [6.07, 6.45) is 3.18. The Hall–Kier alpha value is -2.21. The zero-order chi connectivity index (χ0) is 22.2. The van der Waals surface area contributed by atoms with E-state index in [0.717, 1.165) is 36.9 Å². The van der Waals surface area contributed by atoms with Gasteiger partial charge in [0.05, 0.1) is 18.8 Å². The van der Waals surface area contributed by atoms with Crippen LogP contribution < -0.4 is 0 Å². The summed E-state index contributed by atoms with van der Waals surface area (Å²) in [5.41, 5.74) is 4.61. The molecule has 1 aliphatic rings. The van der Waals surface area contributed by atoms with Crippen LogP contribution in [-0.4, -0.2) is 52.9 Å². The van der Waals surface area contributed by atoms with Crippen LogP contribution in [0.5, 0.6) is 0 Å². The van der Waals surface area contributed by atoms with Crippen LogP contribution in [0.3, 0.4) is 0 Å². The second-order valence-electron chi connectivity index (χ2n) is 8.70. The Balaban J connectivity index is 1.49. The molecule has 2 aromatic carbocycles. The van der Waals surface area contributed by atoms with E-state index in [1.807, 2.05) is 31.2 Å². The average molecular weight is 426 g/mol. The lowest BCUT2D eigenvalue weighted by atomic mass is 9.99. The predicted octanol–water partition coefficient (Wildman–Crippen LogP) is 4.16. The van der Waals surface area contributed by atoms with Crippen molar-refractivity contribution in [2.45, 2.75) is 64.2 Å². The van der Waals surface area contributed by atoms with Crippen molar-refractivity contribution in [3.05, 3.63) is 70.8 Å². The molecule has 31 heavy (non-hydrogen) atoms. The highest BCUT2D eigenvalue weighted by Gasteiger charge is 2.26. The van der Waals surface area contributed by atoms with Gasteiger partial charge in [0.1, 0.15) is 0 Å². The first-order valence-corrected chi connectivity index (χ1v) is 11.3. The van der Waals surface area contributed by atoms with Crippen molar-refractivity contribution in [3.63, 3.8) is 0 Å². The van der Waals surface area contributed by atoms with Gasteiger partial charge in [0.2, 0.25) is 0 Å². The van der Waals surface area contributed by atoms with Gasteiger partial charge < -0.3 is 14.9 Å². The summed E-state index contributed by atoms with van der Waals surface area (Å²) in [4.78, 5) is 13.3. The maximum atomic E-state index is 10.9. The number of nitrogens with zero attached hydrogens (tertiary/aromatic N) is 1. The minimum atomic E-state index is -0.801. The van der Waals surface area contributed by atoms with Crippen molar-refractivity contribution < 1.29 is 19.7 Å². The summed E-state index contributed by atoms with van der Waals surface area (Å²) in [7, 11) is 0. The molecule has 0 bridgehead atoms. The van der Waals surface area contributed by atoms with Gasteiger partial charge in [-0.1, -0.05) is 54.1 Å². The fourth-order valence-electron chi connectivity index (χ4n) is 4.43. The molecule has 1 aliphatic heterocycles. The highest BCUT2D eigenvalue weighted by molar-refractivity contribution is 5.67. The number of aliphatic hydroxyl groups excluding tert-OH is 1. The van der Waals surface area contributed by atoms with Crippen molar-refractivity contribution in [2.75, 3.05) is 19.7 Å². The van der Waals surface area contributed by atoms with E-state index in [4.69, 9.17) is 9.84 Å². The molecule has 168 valence electrons. The normalized spacial score (nSPS) is 18.7. The molecule has 2 N–H and O–H groups in total. The summed E-state index contributed by atoms with van der Waals surface area (Å²) >= 11 is 0. The number of aryl methyl sites for hydroxylation is 2. The van der Waals surface area contributed by atoms with Crippen LogP contribution in [0.4, 0.5) is 0 Å². The summed E-state index contributed by atoms with van der Waals surface area (Å²) in [6.45, 7) is 5.96. The third kappa shape index (κ3) is 7.17. The Kier molecular flexibility index (Phi) is 8.64. The molecular weight excluding hydrogens is 390 g/mol. The van der Waals surface area contributed by atoms with Gasteiger partial charge in [0.25, 0.3) is 0 Å². The third-order valence-electron chi connectivity index (χ3n) is 6.18. The number of aliphatic hydroxyl groups is 1. The summed E-state index contributed by atoms with van der Waals surface area (Å²) in [6, 6.07) is 17.0. The van der Waals surface area contributed by atoms with Gasteiger partial charge in [0, 0.05) is 19.0 Å². The fourth-order valence-corrected chi connectivity index (χ4v) is 4.43. The number of likely N-dealkylation sites (tertiary alicyclic amines) is 1. The smallest absolute Gasteiger partial charge is 0.303 e. The first-order chi connectivity index (χ1) is 14.9. The Morgan fingerprint density at radius 1 is 1.19 bits per heavy atom. The van der Waals surface area contributed by atoms with Gasteiger partial charge in [-0.15, -0.1) is 0 Å². The number of carboxylic acids is 1. The first kappa shape index (κ1) is 23.5. The minimum absolute atomic E-state index is 0.101. The number of ether oxygens (including phenoxy) is 1. The number of hydrogen-bond acceptors (Lipinski definition) is 4. The molecule has 3 rings (SSSR count). The first-order valence-electron chi connectivity index (χ1n) is 11.3. The van der Waals surface area contributed by atoms with Crippen LogP contribution in [-0.2, 0) is 22.4 Å². The van der Waals surface area contributed by atoms with Crippen molar-refractivity contribution in [2.24, 2.45) is 0 Å². The van der Waals surface area contributed by atoms with Gasteiger partial charge in [0.15, 0.2) is 0 Å². The Labute approximate surface area is 185 Å². The van der Waals surface area contributed by atoms with E-state index in [9.17, 15) is 9.90 Å². The van der Waals surface area contributed by atoms with E-state index in [-0.39, 0.29) is 19.1 Å². The van der Waals surface area contributed by atoms with E-state index in [0.29, 0.717) is 19.0 Å². The molecule has 0 unspecified atom stereocenters. The molecule has 0 amide bonds. The molecule has 0 aliphatic carbocycles. The lowest BCUT2D eigenvalue weighted by molar-refractivity contribution is -0.136. The third-order valence-corrected chi connectivity index (χ3v) is 6.18. The molecule has 2 aromatic rings. The SMILES string of the molecule is Cc1ccc(C[C@@H]2CCCN2C[C@@H](O)CO[C@H](C)c2ccccc2CCC(=O)O)cc1. The lowest BCUT2D eigenvalue weighted by Gasteiger charge is -2.27. The van der Waals surface area contributed by atoms with Crippen LogP contribution in [0.15, 0.2) is 48.5 Å². The second-order valence-corrected chi connectivity index (χ2v) is 8.70. The number of hydrogen-bond donors (Lipinski definition) is 2. The van der Waals surface area contributed by atoms with Gasteiger partial charge in [-0.2, -0.15) is 0 Å². The van der Waals surface area contributed by atoms with Crippen molar-refractivity contribution in [1.82, 2.24) is 4.90 Å². The maximum absolute atomic E-state index is 10.9. The standard InChI is InChI=1S/C26H35NO4/c1-19-9-11-21(12-10-19)16-23-7-5-15-27(23)17-24(28)18-31-20(2)25-8-4-3-6-22(25)13-14-26(29)30/h3-4,6,8-12,20,23-24,28H,5,7,13-18H2,1-2H3,(H,29,30)/t20-,23+,24-/m1/s1. The summed E-state index contributed by atoms with van der Waals surface area (Å²) in [5.74, 6) is -0.801. The van der Waals surface area contributed by atoms with E-state index in [2.05, 4.69) is 36.1 Å². The number of β-amino-alcohol motifs (C(OH)–C–C–N with tert-alkyl or cyclic N) is 1. The zero-order valence-electron chi connectivity index (χ0n) is 18.7. The Bertz CT molecular complexity index is 836. The van der Waals surface area contributed by atoms with Crippen LogP contribution in [0.25, 0.3) is 0 Å². The molecule has 0 radical (unpaired) electrons. The van der Waals surface area contributed by atoms with Gasteiger partial charge in [-0.3, -0.25) is 9.69 Å². The fraction of sp³-hybridized carbons (Fsp3) is 0.500. The molecule has 0 spiro atoms. The number of benzene rings is 2. The van der Waals surface area contributed by atoms with Crippen molar-refractivity contribution in [3.8, 4) is 0 Å². The molecule has 1 saturated heterocycles. The topological polar surface area (TPSA) is 70.0 Å². The lowest BCUT2D eigenvalue weighted by Crippen LogP contribution is -2.39. The van der Waals surface area contributed by atoms with Crippen LogP contribution in [0, 0.1) is 6.92 Å². The molecule has 0 aromatic heterocycles. The molecule has 5 heteroatoms. The summed E-state index contributed by atoms with van der Waals surface area (Å²) in [5, 5.41) is 19.6. The molecule has 1 fully saturated rings. The quantitative estimate of drug-likeness (QED) is 0.566. The van der Waals surface area contributed by atoms with Gasteiger partial charge in [-0.25, -0.2) is 0 Å². The maximum Gasteiger partial charge on any atom is 0.303 e.